The van der Waals surface area contributed by atoms with Crippen LogP contribution >= 0.6 is 0 Å². The molecule has 0 spiro atoms. The SMILES string of the molecule is C[C@@H](C(=O)Nc1ccc(OC(F)(F)F)cc1)[NH+]1CCN(c2cccc[nH+]2)CC1. The van der Waals surface area contributed by atoms with E-state index < -0.39 is 6.36 Å². The minimum atomic E-state index is -4.73. The van der Waals surface area contributed by atoms with Gasteiger partial charge in [0.25, 0.3) is 11.7 Å². The molecule has 2 heterocycles. The van der Waals surface area contributed by atoms with Gasteiger partial charge in [0.2, 0.25) is 0 Å². The van der Waals surface area contributed by atoms with E-state index in [-0.39, 0.29) is 17.7 Å². The largest absolute Gasteiger partial charge is 0.573 e. The summed E-state index contributed by atoms with van der Waals surface area (Å²) in [4.78, 5) is 19.1. The zero-order valence-electron chi connectivity index (χ0n) is 15.4. The highest BCUT2D eigenvalue weighted by molar-refractivity contribution is 5.93. The number of benzene rings is 1. The predicted octanol–water partition coefficient (Wildman–Crippen LogP) is 1.13. The Morgan fingerprint density at radius 2 is 1.86 bits per heavy atom. The number of quaternary nitrogens is 1. The van der Waals surface area contributed by atoms with Gasteiger partial charge >= 0.3 is 6.36 Å². The molecule has 1 saturated heterocycles. The standard InChI is InChI=1S/C19H21F3N4O2/c1-14(25-10-12-26(13-11-25)17-4-2-3-9-23-17)18(27)24-15-5-7-16(8-6-15)28-19(20,21)22/h2-9,14H,10-13H2,1H3,(H,24,27)/p+2/t14-/m0/s1. The molecule has 3 rings (SSSR count). The van der Waals surface area contributed by atoms with Gasteiger partial charge in [-0.25, -0.2) is 4.98 Å². The van der Waals surface area contributed by atoms with Crippen molar-refractivity contribution in [3.8, 4) is 5.75 Å². The molecule has 1 aliphatic rings. The number of ether oxygens (including phenoxy) is 1. The third kappa shape index (κ3) is 5.35. The van der Waals surface area contributed by atoms with Crippen molar-refractivity contribution in [1.82, 2.24) is 0 Å². The number of aromatic nitrogens is 1. The van der Waals surface area contributed by atoms with Gasteiger partial charge in [-0.1, -0.05) is 6.07 Å². The molecular weight excluding hydrogens is 373 g/mol. The van der Waals surface area contributed by atoms with Gasteiger partial charge in [-0.2, -0.15) is 0 Å². The monoisotopic (exact) mass is 396 g/mol. The number of alkyl halides is 3. The Kier molecular flexibility index (Phi) is 6.03. The number of aromatic amines is 1. The lowest BCUT2D eigenvalue weighted by Gasteiger charge is -2.31. The van der Waals surface area contributed by atoms with Crippen molar-refractivity contribution in [2.45, 2.75) is 19.3 Å². The summed E-state index contributed by atoms with van der Waals surface area (Å²) in [5.41, 5.74) is 0.434. The number of H-pyrrole nitrogens is 1. The molecule has 1 fully saturated rings. The van der Waals surface area contributed by atoms with Crippen LogP contribution in [0.4, 0.5) is 24.7 Å². The average Bonchev–Trinajstić information content (AvgIpc) is 2.68. The van der Waals surface area contributed by atoms with Gasteiger partial charge in [-0.3, -0.25) is 9.69 Å². The summed E-state index contributed by atoms with van der Waals surface area (Å²) in [6.07, 6.45) is -2.85. The van der Waals surface area contributed by atoms with Crippen LogP contribution in [0.1, 0.15) is 6.92 Å². The number of carbonyl (C=O) groups is 1. The maximum absolute atomic E-state index is 12.5. The summed E-state index contributed by atoms with van der Waals surface area (Å²) in [5, 5.41) is 2.76. The fourth-order valence-electron chi connectivity index (χ4n) is 3.22. The molecule has 1 aromatic carbocycles. The number of piperazine rings is 1. The second-order valence-corrected chi connectivity index (χ2v) is 6.68. The maximum atomic E-state index is 12.5. The number of rotatable bonds is 5. The molecule has 9 heteroatoms. The number of anilines is 2. The van der Waals surface area contributed by atoms with Crippen molar-refractivity contribution >= 4 is 17.4 Å². The Balaban J connectivity index is 1.51. The molecule has 1 aromatic heterocycles. The van der Waals surface area contributed by atoms with Crippen molar-refractivity contribution in [2.24, 2.45) is 0 Å². The van der Waals surface area contributed by atoms with Crippen molar-refractivity contribution in [2.75, 3.05) is 36.4 Å². The lowest BCUT2D eigenvalue weighted by atomic mass is 10.2. The lowest BCUT2D eigenvalue weighted by molar-refractivity contribution is -0.914. The lowest BCUT2D eigenvalue weighted by Crippen LogP contribution is -3.19. The Morgan fingerprint density at radius 3 is 2.43 bits per heavy atom. The Labute approximate surface area is 160 Å². The van der Waals surface area contributed by atoms with Gasteiger partial charge < -0.3 is 15.0 Å². The number of hydrogen-bond acceptors (Lipinski definition) is 3. The van der Waals surface area contributed by atoms with Crippen LogP contribution in [-0.2, 0) is 4.79 Å². The smallest absolute Gasteiger partial charge is 0.406 e. The molecular formula is C19H23F3N4O2+2. The highest BCUT2D eigenvalue weighted by Gasteiger charge is 2.33. The van der Waals surface area contributed by atoms with Crippen molar-refractivity contribution in [1.29, 1.82) is 0 Å². The van der Waals surface area contributed by atoms with Gasteiger partial charge in [0.15, 0.2) is 6.04 Å². The predicted molar refractivity (Wildman–Crippen MR) is 97.1 cm³/mol. The first-order valence-electron chi connectivity index (χ1n) is 9.05. The first-order valence-corrected chi connectivity index (χ1v) is 9.05. The second kappa shape index (κ2) is 8.47. The molecule has 150 valence electrons. The van der Waals surface area contributed by atoms with Crippen LogP contribution in [0.2, 0.25) is 0 Å². The molecule has 1 aliphatic heterocycles. The molecule has 1 amide bonds. The third-order valence-corrected chi connectivity index (χ3v) is 4.80. The van der Waals surface area contributed by atoms with E-state index in [4.69, 9.17) is 0 Å². The second-order valence-electron chi connectivity index (χ2n) is 6.68. The first-order chi connectivity index (χ1) is 13.3. The van der Waals surface area contributed by atoms with E-state index in [9.17, 15) is 18.0 Å². The van der Waals surface area contributed by atoms with Gasteiger partial charge in [-0.15, -0.1) is 13.2 Å². The molecule has 0 aliphatic carbocycles. The van der Waals surface area contributed by atoms with E-state index >= 15 is 0 Å². The molecule has 3 N–H and O–H groups in total. The van der Waals surface area contributed by atoms with E-state index in [2.05, 4.69) is 19.9 Å². The average molecular weight is 396 g/mol. The number of halogens is 3. The molecule has 2 aromatic rings. The van der Waals surface area contributed by atoms with Crippen LogP contribution in [0, 0.1) is 0 Å². The minimum Gasteiger partial charge on any atom is -0.406 e. The van der Waals surface area contributed by atoms with Crippen LogP contribution in [-0.4, -0.2) is 44.5 Å². The number of nitrogens with one attached hydrogen (secondary N) is 3. The number of pyridine rings is 1. The zero-order chi connectivity index (χ0) is 20.1. The molecule has 0 radical (unpaired) electrons. The first kappa shape index (κ1) is 19.9. The molecule has 6 nitrogen and oxygen atoms in total. The van der Waals surface area contributed by atoms with E-state index in [1.807, 2.05) is 31.3 Å². The fourth-order valence-corrected chi connectivity index (χ4v) is 3.22. The molecule has 1 atom stereocenters. The van der Waals surface area contributed by atoms with Gasteiger partial charge in [0.1, 0.15) is 31.9 Å². The number of nitrogens with zero attached hydrogens (tertiary/aromatic N) is 1. The van der Waals surface area contributed by atoms with Gasteiger partial charge in [0, 0.05) is 11.8 Å². The summed E-state index contributed by atoms with van der Waals surface area (Å²) >= 11 is 0. The Hall–Kier alpha value is -2.81. The number of carbonyl (C=O) groups excluding carboxylic acids is 1. The van der Waals surface area contributed by atoms with E-state index in [0.717, 1.165) is 32.0 Å². The van der Waals surface area contributed by atoms with Gasteiger partial charge in [0.05, 0.1) is 6.20 Å². The fraction of sp³-hybridized carbons (Fsp3) is 0.368. The van der Waals surface area contributed by atoms with Crippen molar-refractivity contribution < 1.29 is 32.6 Å². The Morgan fingerprint density at radius 1 is 1.18 bits per heavy atom. The zero-order valence-corrected chi connectivity index (χ0v) is 15.4. The maximum Gasteiger partial charge on any atom is 0.573 e. The third-order valence-electron chi connectivity index (χ3n) is 4.80. The highest BCUT2D eigenvalue weighted by atomic mass is 19.4. The van der Waals surface area contributed by atoms with Crippen molar-refractivity contribution in [3.05, 3.63) is 48.7 Å². The van der Waals surface area contributed by atoms with E-state index in [1.165, 1.54) is 29.2 Å². The number of amides is 1. The van der Waals surface area contributed by atoms with Gasteiger partial charge in [-0.05, 0) is 37.3 Å². The van der Waals surface area contributed by atoms with Crippen LogP contribution in [0.5, 0.6) is 5.75 Å². The quantitative estimate of drug-likeness (QED) is 0.797. The summed E-state index contributed by atoms with van der Waals surface area (Å²) in [7, 11) is 0. The molecule has 0 saturated carbocycles. The molecule has 0 unspecified atom stereocenters. The summed E-state index contributed by atoms with van der Waals surface area (Å²) in [5.74, 6) is 0.567. The van der Waals surface area contributed by atoms with Crippen LogP contribution in [0.3, 0.4) is 0 Å². The summed E-state index contributed by atoms with van der Waals surface area (Å²) < 4.78 is 40.4. The topological polar surface area (TPSA) is 60.1 Å². The minimum absolute atomic E-state index is 0.167. The van der Waals surface area contributed by atoms with Crippen molar-refractivity contribution in [3.63, 3.8) is 0 Å². The normalized spacial score (nSPS) is 16.5. The molecule has 0 bridgehead atoms. The Bertz CT molecular complexity index is 776. The van der Waals surface area contributed by atoms with Crippen LogP contribution in [0.15, 0.2) is 48.7 Å². The summed E-state index contributed by atoms with van der Waals surface area (Å²) in [6.45, 7) is 5.15. The molecule has 28 heavy (non-hydrogen) atoms. The highest BCUT2D eigenvalue weighted by Crippen LogP contribution is 2.23. The van der Waals surface area contributed by atoms with E-state index in [0.29, 0.717) is 5.69 Å². The van der Waals surface area contributed by atoms with Crippen LogP contribution < -0.4 is 24.8 Å². The van der Waals surface area contributed by atoms with E-state index in [1.54, 1.807) is 0 Å². The summed E-state index contributed by atoms with van der Waals surface area (Å²) in [6, 6.07) is 10.8. The van der Waals surface area contributed by atoms with Crippen LogP contribution in [0.25, 0.3) is 0 Å². The number of hydrogen-bond donors (Lipinski definition) is 2.